The maximum Gasteiger partial charge on any atom is 0.311 e. The van der Waals surface area contributed by atoms with Gasteiger partial charge in [0.05, 0.1) is 47.6 Å². The Hall–Kier alpha value is -1.30. The van der Waals surface area contributed by atoms with Gasteiger partial charge < -0.3 is 58.5 Å². The molecule has 3 saturated heterocycles. The summed E-state index contributed by atoms with van der Waals surface area (Å²) in [5.41, 5.74) is -4.24. The molecule has 14 nitrogen and oxygen atoms in total. The number of ketones is 1. The molecule has 18 atom stereocenters. The predicted octanol–water partition coefficient (Wildman–Crippen LogP) is 2.44. The van der Waals surface area contributed by atoms with Crippen molar-refractivity contribution in [3.05, 3.63) is 0 Å². The van der Waals surface area contributed by atoms with E-state index in [0.717, 1.165) is 0 Å². The summed E-state index contributed by atoms with van der Waals surface area (Å²) in [6.45, 7) is 17.1. The lowest BCUT2D eigenvalue weighted by Gasteiger charge is -2.50. The van der Waals surface area contributed by atoms with Gasteiger partial charge in [-0.3, -0.25) is 9.59 Å². The molecule has 304 valence electrons. The third kappa shape index (κ3) is 9.38. The Balaban J connectivity index is 2.22. The largest absolute Gasteiger partial charge is 0.459 e. The number of hydrogen-bond donors (Lipinski definition) is 4. The molecule has 0 saturated carbocycles. The van der Waals surface area contributed by atoms with Crippen LogP contribution >= 0.6 is 0 Å². The molecule has 0 amide bonds. The van der Waals surface area contributed by atoms with E-state index in [-0.39, 0.29) is 37.2 Å². The summed E-state index contributed by atoms with van der Waals surface area (Å²) in [6.07, 6.45) is -8.73. The highest BCUT2D eigenvalue weighted by molar-refractivity contribution is 5.83. The topological polar surface area (TPSA) is 183 Å². The highest BCUT2D eigenvalue weighted by Crippen LogP contribution is 2.41. The third-order valence-electron chi connectivity index (χ3n) is 12.3. The molecule has 3 heterocycles. The minimum absolute atomic E-state index is 0.111. The summed E-state index contributed by atoms with van der Waals surface area (Å²) in [4.78, 5) is 30.1. The Morgan fingerprint density at radius 1 is 0.846 bits per heavy atom. The summed E-state index contributed by atoms with van der Waals surface area (Å²) in [6, 6.07) is -0.283. The van der Waals surface area contributed by atoms with Crippen LogP contribution < -0.4 is 0 Å². The normalized spacial score (nSPS) is 49.0. The standard InChI is InChI=1S/C38H69NO13/c1-15-26-38(10,45)31(42)21(4)28(40)19(2)17-37(9,47-14)33(52-35-29(41)25(39(11)12)16-20(3)48-35)22(5)30(23(6)34(44)50-26)51-27-18-36(8,46-13)32(43)24(7)49-27/h19-27,29-33,35,41-43,45H,15-18H2,1-14H3/t19-,20-,21+,22+,23-,24+,25+,26+,27+,29-,30+,31-,32+,33-,35+,36-,37-,38-/m1/s1. The summed E-state index contributed by atoms with van der Waals surface area (Å²) in [5, 5.41) is 45.6. The van der Waals surface area contributed by atoms with Crippen LogP contribution in [0.15, 0.2) is 0 Å². The van der Waals surface area contributed by atoms with Gasteiger partial charge in [-0.15, -0.1) is 0 Å². The van der Waals surface area contributed by atoms with Crippen LogP contribution in [0.1, 0.15) is 94.9 Å². The fourth-order valence-corrected chi connectivity index (χ4v) is 8.58. The summed E-state index contributed by atoms with van der Waals surface area (Å²) in [7, 11) is 6.77. The number of aliphatic hydroxyl groups excluding tert-OH is 3. The molecule has 4 N–H and O–H groups in total. The lowest BCUT2D eigenvalue weighted by molar-refractivity contribution is -0.319. The zero-order valence-corrected chi connectivity index (χ0v) is 33.9. The summed E-state index contributed by atoms with van der Waals surface area (Å²) < 4.78 is 43.9. The Labute approximate surface area is 310 Å². The number of carbonyl (C=O) groups is 2. The summed E-state index contributed by atoms with van der Waals surface area (Å²) in [5.74, 6) is -4.47. The van der Waals surface area contributed by atoms with Gasteiger partial charge in [0.25, 0.3) is 0 Å². The first-order valence-electron chi connectivity index (χ1n) is 18.9. The van der Waals surface area contributed by atoms with Gasteiger partial charge in [0.1, 0.15) is 29.7 Å². The van der Waals surface area contributed by atoms with E-state index in [1.165, 1.54) is 21.1 Å². The molecule has 3 aliphatic heterocycles. The highest BCUT2D eigenvalue weighted by atomic mass is 16.7. The number of aliphatic hydroxyl groups is 4. The monoisotopic (exact) mass is 747 g/mol. The first-order chi connectivity index (χ1) is 24.0. The quantitative estimate of drug-likeness (QED) is 0.266. The average molecular weight is 748 g/mol. The smallest absolute Gasteiger partial charge is 0.311 e. The van der Waals surface area contributed by atoms with Gasteiger partial charge in [-0.25, -0.2) is 0 Å². The first-order valence-corrected chi connectivity index (χ1v) is 18.9. The third-order valence-corrected chi connectivity index (χ3v) is 12.3. The zero-order valence-electron chi connectivity index (χ0n) is 33.9. The number of nitrogens with zero attached hydrogens (tertiary/aromatic N) is 1. The van der Waals surface area contributed by atoms with Crippen LogP contribution in [0.5, 0.6) is 0 Å². The van der Waals surface area contributed by atoms with Crippen molar-refractivity contribution < 1.29 is 63.2 Å². The van der Waals surface area contributed by atoms with Gasteiger partial charge in [-0.05, 0) is 74.9 Å². The number of likely N-dealkylation sites (N-methyl/N-ethyl adjacent to an activating group) is 1. The van der Waals surface area contributed by atoms with E-state index >= 15 is 0 Å². The number of methoxy groups -OCH3 is 2. The molecule has 14 heteroatoms. The van der Waals surface area contributed by atoms with Crippen LogP contribution in [0.4, 0.5) is 0 Å². The molecule has 52 heavy (non-hydrogen) atoms. The van der Waals surface area contributed by atoms with Crippen molar-refractivity contribution in [1.29, 1.82) is 0 Å². The van der Waals surface area contributed by atoms with Gasteiger partial charge >= 0.3 is 5.97 Å². The second kappa shape index (κ2) is 17.7. The van der Waals surface area contributed by atoms with Crippen molar-refractivity contribution in [2.24, 2.45) is 23.7 Å². The second-order valence-corrected chi connectivity index (χ2v) is 16.6. The van der Waals surface area contributed by atoms with Crippen molar-refractivity contribution in [1.82, 2.24) is 4.90 Å². The fourth-order valence-electron chi connectivity index (χ4n) is 8.58. The Bertz CT molecular complexity index is 1190. The number of cyclic esters (lactones) is 1. The van der Waals surface area contributed by atoms with Crippen molar-refractivity contribution in [2.45, 2.75) is 179 Å². The van der Waals surface area contributed by atoms with Crippen LogP contribution in [0.25, 0.3) is 0 Å². The van der Waals surface area contributed by atoms with E-state index < -0.39 is 102 Å². The molecule has 0 radical (unpaired) electrons. The van der Waals surface area contributed by atoms with Crippen molar-refractivity contribution in [3.63, 3.8) is 0 Å². The Morgan fingerprint density at radius 2 is 1.44 bits per heavy atom. The lowest BCUT2D eigenvalue weighted by atomic mass is 9.74. The number of hydrogen-bond acceptors (Lipinski definition) is 14. The van der Waals surface area contributed by atoms with Crippen LogP contribution in [0.3, 0.4) is 0 Å². The predicted molar refractivity (Wildman–Crippen MR) is 191 cm³/mol. The number of Topliss-reactive ketones (excluding diaryl/α,β-unsaturated/α-hetero) is 1. The molecule has 0 aromatic heterocycles. The zero-order chi connectivity index (χ0) is 39.7. The maximum absolute atomic E-state index is 14.2. The van der Waals surface area contributed by atoms with E-state index in [0.29, 0.717) is 6.42 Å². The van der Waals surface area contributed by atoms with Gasteiger partial charge in [0, 0.05) is 44.4 Å². The fraction of sp³-hybridized carbons (Fsp3) is 0.947. The van der Waals surface area contributed by atoms with E-state index in [1.807, 2.05) is 32.8 Å². The molecule has 3 fully saturated rings. The molecule has 0 spiro atoms. The van der Waals surface area contributed by atoms with E-state index in [1.54, 1.807) is 48.5 Å². The lowest BCUT2D eigenvalue weighted by Crippen LogP contribution is -2.61. The number of ether oxygens (including phenoxy) is 7. The van der Waals surface area contributed by atoms with Gasteiger partial charge in [-0.2, -0.15) is 0 Å². The molecular weight excluding hydrogens is 678 g/mol. The minimum Gasteiger partial charge on any atom is -0.459 e. The molecule has 3 aliphatic rings. The number of esters is 1. The molecule has 0 aromatic rings. The second-order valence-electron chi connectivity index (χ2n) is 16.6. The molecule has 0 unspecified atom stereocenters. The molecule has 0 bridgehead atoms. The highest BCUT2D eigenvalue weighted by Gasteiger charge is 2.54. The number of carbonyl (C=O) groups excluding carboxylic acids is 2. The maximum atomic E-state index is 14.2. The van der Waals surface area contributed by atoms with Gasteiger partial charge in [0.15, 0.2) is 12.6 Å². The van der Waals surface area contributed by atoms with Gasteiger partial charge in [0.2, 0.25) is 0 Å². The van der Waals surface area contributed by atoms with Crippen LogP contribution in [0, 0.1) is 23.7 Å². The van der Waals surface area contributed by atoms with E-state index in [2.05, 4.69) is 0 Å². The minimum atomic E-state index is -1.96. The Morgan fingerprint density at radius 3 is 1.98 bits per heavy atom. The van der Waals surface area contributed by atoms with Crippen molar-refractivity contribution >= 4 is 11.8 Å². The van der Waals surface area contributed by atoms with Crippen LogP contribution in [-0.4, -0.2) is 150 Å². The first kappa shape index (κ1) is 45.1. The van der Waals surface area contributed by atoms with Crippen LogP contribution in [-0.2, 0) is 42.7 Å². The SMILES string of the molecule is CC[C@@H]1OC(=O)[C@H](C)[C@@H](O[C@H]2C[C@@](C)(OC)[C@@H](O)[C@H](C)O2)[C@H](C)[C@@H](O[C@@H]2O[C@H](C)C[C@H](N(C)C)[C@H]2O)[C@](C)(OC)C[C@@H](C)C(=O)[C@H](C)[C@@H](O)[C@]1(C)O. The molecule has 0 aromatic carbocycles. The van der Waals surface area contributed by atoms with Crippen molar-refractivity contribution in [2.75, 3.05) is 28.3 Å². The molecule has 3 rings (SSSR count). The van der Waals surface area contributed by atoms with E-state index in [9.17, 15) is 30.0 Å². The summed E-state index contributed by atoms with van der Waals surface area (Å²) >= 11 is 0. The van der Waals surface area contributed by atoms with Crippen molar-refractivity contribution in [3.8, 4) is 0 Å². The average Bonchev–Trinajstić information content (AvgIpc) is 3.09. The number of rotatable bonds is 8. The van der Waals surface area contributed by atoms with Gasteiger partial charge in [-0.1, -0.05) is 27.7 Å². The molecular formula is C38H69NO13. The Kier molecular flexibility index (Phi) is 15.3. The van der Waals surface area contributed by atoms with Crippen LogP contribution in [0.2, 0.25) is 0 Å². The molecule has 0 aliphatic carbocycles. The van der Waals surface area contributed by atoms with E-state index in [4.69, 9.17) is 33.2 Å².